The van der Waals surface area contributed by atoms with Gasteiger partial charge in [0.05, 0.1) is 18.9 Å². The Kier molecular flexibility index (Phi) is 6.04. The first-order valence-electron chi connectivity index (χ1n) is 9.09. The fourth-order valence-electron chi connectivity index (χ4n) is 2.82. The topological polar surface area (TPSA) is 124 Å². The zero-order valence-electron chi connectivity index (χ0n) is 16.5. The van der Waals surface area contributed by atoms with Gasteiger partial charge in [0, 0.05) is 24.6 Å². The van der Waals surface area contributed by atoms with E-state index in [0.717, 1.165) is 5.56 Å². The molecule has 10 nitrogen and oxygen atoms in total. The van der Waals surface area contributed by atoms with E-state index in [2.05, 4.69) is 15.6 Å². The molecule has 1 aromatic heterocycles. The van der Waals surface area contributed by atoms with E-state index in [1.165, 1.54) is 0 Å². The molecule has 0 radical (unpaired) electrons. The molecule has 1 aliphatic heterocycles. The molecule has 1 aliphatic rings. The quantitative estimate of drug-likeness (QED) is 0.700. The number of nitrogens with zero attached hydrogens (tertiary/aromatic N) is 2. The molecule has 1 fully saturated rings. The zero-order valence-corrected chi connectivity index (χ0v) is 16.5. The van der Waals surface area contributed by atoms with Gasteiger partial charge < -0.3 is 24.6 Å². The Morgan fingerprint density at radius 1 is 1.31 bits per heavy atom. The largest absolute Gasteiger partial charge is 0.465 e. The lowest BCUT2D eigenvalue weighted by atomic mass is 10.1. The number of imidazole rings is 1. The fraction of sp³-hybridized carbons (Fsp3) is 0.421. The van der Waals surface area contributed by atoms with Crippen LogP contribution in [-0.2, 0) is 20.8 Å². The van der Waals surface area contributed by atoms with Crippen LogP contribution in [0.2, 0.25) is 0 Å². The number of anilines is 1. The average Bonchev–Trinajstić information content (AvgIpc) is 3.29. The predicted octanol–water partition coefficient (Wildman–Crippen LogP) is 3.03. The third-order valence-electron chi connectivity index (χ3n) is 3.92. The molecule has 1 aromatic carbocycles. The normalized spacial score (nSPS) is 14.6. The van der Waals surface area contributed by atoms with Crippen molar-refractivity contribution < 1.29 is 28.9 Å². The van der Waals surface area contributed by atoms with Gasteiger partial charge in [-0.1, -0.05) is 6.07 Å². The molecule has 3 rings (SSSR count). The van der Waals surface area contributed by atoms with Gasteiger partial charge in [0.2, 0.25) is 6.29 Å². The van der Waals surface area contributed by atoms with Crippen molar-refractivity contribution >= 4 is 17.9 Å². The first-order chi connectivity index (χ1) is 13.7. The Morgan fingerprint density at radius 3 is 2.69 bits per heavy atom. The molecule has 0 atom stereocenters. The minimum atomic E-state index is -1.18. The summed E-state index contributed by atoms with van der Waals surface area (Å²) in [5.41, 5.74) is 1.11. The second-order valence-corrected chi connectivity index (χ2v) is 7.36. The van der Waals surface area contributed by atoms with Gasteiger partial charge in [0.1, 0.15) is 5.60 Å². The molecule has 3 N–H and O–H groups in total. The second-order valence-electron chi connectivity index (χ2n) is 7.36. The number of aromatic nitrogens is 2. The van der Waals surface area contributed by atoms with Crippen LogP contribution in [0.4, 0.5) is 15.3 Å². The molecule has 0 bridgehead atoms. The summed E-state index contributed by atoms with van der Waals surface area (Å²) in [5, 5.41) is 14.1. The number of benzene rings is 1. The number of rotatable bonds is 5. The number of hydrogen-bond donors (Lipinski definition) is 3. The van der Waals surface area contributed by atoms with Gasteiger partial charge in [-0.15, -0.1) is 0 Å². The number of alkyl carbamates (subject to hydrolysis) is 1. The van der Waals surface area contributed by atoms with Gasteiger partial charge >= 0.3 is 12.2 Å². The monoisotopic (exact) mass is 404 g/mol. The molecule has 2 heterocycles. The molecule has 0 spiro atoms. The van der Waals surface area contributed by atoms with Crippen LogP contribution in [-0.4, -0.2) is 45.7 Å². The molecule has 0 aliphatic carbocycles. The number of ether oxygens (including phenoxy) is 3. The third-order valence-corrected chi connectivity index (χ3v) is 3.92. The molecule has 0 unspecified atom stereocenters. The van der Waals surface area contributed by atoms with E-state index in [-0.39, 0.29) is 6.54 Å². The van der Waals surface area contributed by atoms with Crippen LogP contribution in [0.5, 0.6) is 0 Å². The van der Waals surface area contributed by atoms with Crippen molar-refractivity contribution in [1.82, 2.24) is 14.9 Å². The van der Waals surface area contributed by atoms with Crippen molar-refractivity contribution in [3.05, 3.63) is 42.0 Å². The summed E-state index contributed by atoms with van der Waals surface area (Å²) in [7, 11) is 0. The molecule has 10 heteroatoms. The highest BCUT2D eigenvalue weighted by Gasteiger charge is 2.25. The number of amides is 2. The zero-order chi connectivity index (χ0) is 21.0. The van der Waals surface area contributed by atoms with E-state index >= 15 is 0 Å². The Labute approximate surface area is 167 Å². The molecule has 2 aromatic rings. The van der Waals surface area contributed by atoms with Crippen LogP contribution in [0.25, 0.3) is 5.69 Å². The minimum absolute atomic E-state index is 0.168. The van der Waals surface area contributed by atoms with Crippen LogP contribution in [0.3, 0.4) is 0 Å². The molecular formula is C19H24N4O6. The van der Waals surface area contributed by atoms with Crippen LogP contribution in [0, 0.1) is 0 Å². The Balaban J connectivity index is 1.90. The Morgan fingerprint density at radius 2 is 2.03 bits per heavy atom. The summed E-state index contributed by atoms with van der Waals surface area (Å²) >= 11 is 0. The first kappa shape index (κ1) is 20.6. The number of carbonyl (C=O) groups excluding carboxylic acids is 1. The molecule has 156 valence electrons. The van der Waals surface area contributed by atoms with Gasteiger partial charge in [0.15, 0.2) is 5.82 Å². The maximum absolute atomic E-state index is 12.0. The Bertz CT molecular complexity index is 883. The highest BCUT2D eigenvalue weighted by Crippen LogP contribution is 2.27. The van der Waals surface area contributed by atoms with E-state index in [4.69, 9.17) is 19.3 Å². The van der Waals surface area contributed by atoms with Crippen molar-refractivity contribution in [2.45, 2.75) is 39.2 Å². The highest BCUT2D eigenvalue weighted by molar-refractivity contribution is 5.83. The van der Waals surface area contributed by atoms with Gasteiger partial charge in [-0.05, 0) is 38.5 Å². The maximum Gasteiger partial charge on any atom is 0.409 e. The summed E-state index contributed by atoms with van der Waals surface area (Å²) in [6.45, 7) is 6.44. The van der Waals surface area contributed by atoms with Crippen LogP contribution >= 0.6 is 0 Å². The molecule has 1 saturated heterocycles. The third kappa shape index (κ3) is 5.46. The number of carbonyl (C=O) groups is 2. The lowest BCUT2D eigenvalue weighted by molar-refractivity contribution is -0.0516. The summed E-state index contributed by atoms with van der Waals surface area (Å²) in [5.74, 6) is 0.522. The van der Waals surface area contributed by atoms with Crippen molar-refractivity contribution in [2.75, 3.05) is 18.5 Å². The maximum atomic E-state index is 12.0. The van der Waals surface area contributed by atoms with Crippen molar-refractivity contribution in [3.63, 3.8) is 0 Å². The molecule has 0 saturated carbocycles. The van der Waals surface area contributed by atoms with E-state index < -0.39 is 24.1 Å². The number of hydrogen-bond acceptors (Lipinski definition) is 6. The second kappa shape index (κ2) is 8.50. The highest BCUT2D eigenvalue weighted by atomic mass is 16.7. The van der Waals surface area contributed by atoms with Crippen LogP contribution < -0.4 is 10.6 Å². The fourth-order valence-corrected chi connectivity index (χ4v) is 2.82. The summed E-state index contributed by atoms with van der Waals surface area (Å²) in [6.07, 6.45) is 0.973. The van der Waals surface area contributed by atoms with Gasteiger partial charge in [-0.2, -0.15) is 0 Å². The standard InChI is InChI=1S/C19H24N4O6/c1-19(2,3)29-18(26)21-11-12-4-5-13(22-17(24)25)10-14(12)23-7-6-20-15(23)16-27-8-9-28-16/h4-7,10,16,22H,8-9,11H2,1-3H3,(H,21,26)(H,24,25). The Hall–Kier alpha value is -3.11. The van der Waals surface area contributed by atoms with Gasteiger partial charge in [0.25, 0.3) is 0 Å². The lowest BCUT2D eigenvalue weighted by Crippen LogP contribution is -2.32. The van der Waals surface area contributed by atoms with E-state index in [1.807, 2.05) is 0 Å². The van der Waals surface area contributed by atoms with E-state index in [9.17, 15) is 9.59 Å². The van der Waals surface area contributed by atoms with Gasteiger partial charge in [-0.25, -0.2) is 14.6 Å². The summed E-state index contributed by atoms with van der Waals surface area (Å²) < 4.78 is 18.1. The van der Waals surface area contributed by atoms with Crippen molar-refractivity contribution in [3.8, 4) is 5.69 Å². The van der Waals surface area contributed by atoms with Gasteiger partial charge in [-0.3, -0.25) is 9.88 Å². The smallest absolute Gasteiger partial charge is 0.409 e. The molecule has 2 amide bonds. The molecular weight excluding hydrogens is 380 g/mol. The van der Waals surface area contributed by atoms with E-state index in [0.29, 0.717) is 30.4 Å². The van der Waals surface area contributed by atoms with Crippen LogP contribution in [0.15, 0.2) is 30.6 Å². The SMILES string of the molecule is CC(C)(C)OC(=O)NCc1ccc(NC(=O)O)cc1-n1ccnc1C1OCCO1. The average molecular weight is 404 g/mol. The van der Waals surface area contributed by atoms with Crippen LogP contribution in [0.1, 0.15) is 38.4 Å². The van der Waals surface area contributed by atoms with Crippen molar-refractivity contribution in [1.29, 1.82) is 0 Å². The number of carboxylic acid groups (broad SMARTS) is 1. The van der Waals surface area contributed by atoms with Crippen molar-refractivity contribution in [2.24, 2.45) is 0 Å². The predicted molar refractivity (Wildman–Crippen MR) is 103 cm³/mol. The molecule has 29 heavy (non-hydrogen) atoms. The van der Waals surface area contributed by atoms with E-state index in [1.54, 1.807) is 55.9 Å². The summed E-state index contributed by atoms with van der Waals surface area (Å²) in [6, 6.07) is 4.99. The minimum Gasteiger partial charge on any atom is -0.465 e. The lowest BCUT2D eigenvalue weighted by Gasteiger charge is -2.21. The first-order valence-corrected chi connectivity index (χ1v) is 9.09. The summed E-state index contributed by atoms with van der Waals surface area (Å²) in [4.78, 5) is 27.4. The number of nitrogens with one attached hydrogen (secondary N) is 2.